The maximum Gasteiger partial charge on any atom is 0.354 e. The van der Waals surface area contributed by atoms with Crippen LogP contribution in [0, 0.1) is 17.2 Å². The third kappa shape index (κ3) is 2.98. The summed E-state index contributed by atoms with van der Waals surface area (Å²) in [4.78, 5) is 15.8. The lowest BCUT2D eigenvalue weighted by Gasteiger charge is -2.31. The summed E-state index contributed by atoms with van der Waals surface area (Å²) in [5.41, 5.74) is 4.42. The van der Waals surface area contributed by atoms with Crippen LogP contribution in [-0.2, 0) is 4.79 Å². The summed E-state index contributed by atoms with van der Waals surface area (Å²) in [7, 11) is 3.09. The normalized spacial score (nSPS) is 24.2. The van der Waals surface area contributed by atoms with Crippen molar-refractivity contribution in [3.05, 3.63) is 29.8 Å². The second-order valence-corrected chi connectivity index (χ2v) is 6.62. The number of nitriles is 1. The number of carboxylic acid groups (broad SMARTS) is 1. The zero-order valence-electron chi connectivity index (χ0n) is 14.5. The Bertz CT molecular complexity index is 833. The van der Waals surface area contributed by atoms with Crippen molar-refractivity contribution < 1.29 is 19.4 Å². The van der Waals surface area contributed by atoms with Gasteiger partial charge in [0.05, 0.1) is 31.4 Å². The lowest BCUT2D eigenvalue weighted by molar-refractivity contribution is -0.129. The van der Waals surface area contributed by atoms with Crippen LogP contribution in [0.2, 0.25) is 0 Å². The molecule has 0 aromatic heterocycles. The van der Waals surface area contributed by atoms with Crippen molar-refractivity contribution >= 4 is 29.1 Å². The van der Waals surface area contributed by atoms with Crippen LogP contribution in [0.1, 0.15) is 5.56 Å². The van der Waals surface area contributed by atoms with Gasteiger partial charge in [0.2, 0.25) is 0 Å². The standard InChI is InChI=1S/C17H18N4O4S/c1-24-9-4-5-10(14(6-9)25-2)13-7-12(17(22)23)19-15-11(8-18)16(26-3)20-21(13)15/h4-7,11,15-16,20H,1-3H3,(H,22,23). The number of nitrogens with zero attached hydrogens (tertiary/aromatic N) is 3. The van der Waals surface area contributed by atoms with Crippen LogP contribution in [0.3, 0.4) is 0 Å². The predicted molar refractivity (Wildman–Crippen MR) is 97.8 cm³/mol. The Labute approximate surface area is 155 Å². The van der Waals surface area contributed by atoms with Crippen LogP contribution >= 0.6 is 11.8 Å². The smallest absolute Gasteiger partial charge is 0.354 e. The van der Waals surface area contributed by atoms with Crippen molar-refractivity contribution in [3.63, 3.8) is 0 Å². The Balaban J connectivity index is 2.12. The van der Waals surface area contributed by atoms with Gasteiger partial charge in [0.15, 0.2) is 6.17 Å². The second-order valence-electron chi connectivity index (χ2n) is 5.64. The summed E-state index contributed by atoms with van der Waals surface area (Å²) >= 11 is 1.48. The molecule has 2 heterocycles. The maximum atomic E-state index is 11.6. The van der Waals surface area contributed by atoms with E-state index in [0.717, 1.165) is 0 Å². The fourth-order valence-electron chi connectivity index (χ4n) is 3.01. The number of nitrogens with one attached hydrogen (secondary N) is 1. The first-order valence-electron chi connectivity index (χ1n) is 7.77. The van der Waals surface area contributed by atoms with Gasteiger partial charge < -0.3 is 14.6 Å². The Hall–Kier alpha value is -2.70. The van der Waals surface area contributed by atoms with Gasteiger partial charge in [-0.15, -0.1) is 11.8 Å². The topological polar surface area (TPSA) is 107 Å². The third-order valence-electron chi connectivity index (χ3n) is 4.29. The van der Waals surface area contributed by atoms with Crippen molar-refractivity contribution in [1.29, 1.82) is 5.26 Å². The van der Waals surface area contributed by atoms with Gasteiger partial charge in [-0.05, 0) is 24.5 Å². The largest absolute Gasteiger partial charge is 0.497 e. The van der Waals surface area contributed by atoms with Crippen LogP contribution in [-0.4, -0.2) is 53.8 Å². The molecule has 3 atom stereocenters. The molecule has 1 saturated heterocycles. The Morgan fingerprint density at radius 3 is 2.77 bits per heavy atom. The molecule has 26 heavy (non-hydrogen) atoms. The molecule has 3 unspecified atom stereocenters. The summed E-state index contributed by atoms with van der Waals surface area (Å²) < 4.78 is 10.7. The van der Waals surface area contributed by atoms with Crippen LogP contribution in [0.15, 0.2) is 29.3 Å². The number of aliphatic imine (C=N–C) groups is 1. The van der Waals surface area contributed by atoms with E-state index in [1.54, 1.807) is 30.3 Å². The molecular weight excluding hydrogens is 356 g/mol. The first-order valence-corrected chi connectivity index (χ1v) is 9.05. The van der Waals surface area contributed by atoms with E-state index in [2.05, 4.69) is 16.5 Å². The van der Waals surface area contributed by atoms with Crippen LogP contribution in [0.25, 0.3) is 5.70 Å². The lowest BCUT2D eigenvalue weighted by Crippen LogP contribution is -2.40. The number of methoxy groups -OCH3 is 2. The molecule has 0 spiro atoms. The number of hydrogen-bond donors (Lipinski definition) is 2. The fraction of sp³-hybridized carbons (Fsp3) is 0.353. The lowest BCUT2D eigenvalue weighted by atomic mass is 10.0. The van der Waals surface area contributed by atoms with Crippen LogP contribution < -0.4 is 14.9 Å². The minimum absolute atomic E-state index is 0.0945. The molecule has 2 aliphatic rings. The summed E-state index contributed by atoms with van der Waals surface area (Å²) in [6.07, 6.45) is 2.74. The molecule has 0 saturated carbocycles. The minimum atomic E-state index is -1.14. The SMILES string of the molecule is COc1ccc(C2=CC(C(=O)O)=NC3C(C#N)C(SC)NN23)c(OC)c1. The Morgan fingerprint density at radius 2 is 2.19 bits per heavy atom. The average molecular weight is 374 g/mol. The molecule has 0 amide bonds. The zero-order chi connectivity index (χ0) is 18.8. The van der Waals surface area contributed by atoms with Gasteiger partial charge in [-0.25, -0.2) is 15.2 Å². The van der Waals surface area contributed by atoms with Crippen LogP contribution in [0.5, 0.6) is 11.5 Å². The second kappa shape index (κ2) is 7.27. The summed E-state index contributed by atoms with van der Waals surface area (Å²) in [5, 5.41) is 20.6. The highest BCUT2D eigenvalue weighted by atomic mass is 32.2. The van der Waals surface area contributed by atoms with Crippen molar-refractivity contribution in [3.8, 4) is 17.6 Å². The molecule has 9 heteroatoms. The van der Waals surface area contributed by atoms with E-state index in [1.807, 2.05) is 6.26 Å². The molecule has 2 N–H and O–H groups in total. The van der Waals surface area contributed by atoms with Gasteiger partial charge in [0.1, 0.15) is 23.1 Å². The quantitative estimate of drug-likeness (QED) is 0.800. The van der Waals surface area contributed by atoms with E-state index >= 15 is 0 Å². The van der Waals surface area contributed by atoms with Crippen molar-refractivity contribution in [2.45, 2.75) is 11.5 Å². The number of rotatable bonds is 5. The number of aliphatic carboxylic acids is 1. The van der Waals surface area contributed by atoms with Crippen molar-refractivity contribution in [2.24, 2.45) is 10.9 Å². The van der Waals surface area contributed by atoms with Crippen molar-refractivity contribution in [2.75, 3.05) is 20.5 Å². The summed E-state index contributed by atoms with van der Waals surface area (Å²) in [6.45, 7) is 0. The average Bonchev–Trinajstić information content (AvgIpc) is 3.04. The number of fused-ring (bicyclic) bond motifs is 1. The monoisotopic (exact) mass is 374 g/mol. The summed E-state index contributed by atoms with van der Waals surface area (Å²) in [5.74, 6) is -0.480. The predicted octanol–water partition coefficient (Wildman–Crippen LogP) is 1.56. The zero-order valence-corrected chi connectivity index (χ0v) is 15.3. The van der Waals surface area contributed by atoms with Gasteiger partial charge in [-0.2, -0.15) is 5.26 Å². The molecule has 0 aliphatic carbocycles. The molecule has 3 rings (SSSR count). The fourth-order valence-corrected chi connectivity index (χ4v) is 3.72. The number of carbonyl (C=O) groups is 1. The molecule has 0 radical (unpaired) electrons. The Morgan fingerprint density at radius 1 is 1.42 bits per heavy atom. The molecule has 1 aromatic carbocycles. The maximum absolute atomic E-state index is 11.6. The van der Waals surface area contributed by atoms with E-state index in [-0.39, 0.29) is 11.1 Å². The molecule has 0 bridgehead atoms. The van der Waals surface area contributed by atoms with E-state index in [0.29, 0.717) is 22.8 Å². The molecule has 2 aliphatic heterocycles. The number of hydrazine groups is 1. The number of carboxylic acids is 1. The molecule has 136 valence electrons. The molecule has 1 aromatic rings. The van der Waals surface area contributed by atoms with Gasteiger partial charge in [-0.1, -0.05) is 0 Å². The van der Waals surface area contributed by atoms with Gasteiger partial charge in [0, 0.05) is 11.6 Å². The molecule has 8 nitrogen and oxygen atoms in total. The molecular formula is C17H18N4O4S. The summed E-state index contributed by atoms with van der Waals surface area (Å²) in [6, 6.07) is 7.52. The number of ether oxygens (including phenoxy) is 2. The van der Waals surface area contributed by atoms with Gasteiger partial charge >= 0.3 is 5.97 Å². The highest BCUT2D eigenvalue weighted by Crippen LogP contribution is 2.40. The minimum Gasteiger partial charge on any atom is -0.497 e. The van der Waals surface area contributed by atoms with E-state index in [9.17, 15) is 15.2 Å². The van der Waals surface area contributed by atoms with E-state index in [1.165, 1.54) is 24.9 Å². The van der Waals surface area contributed by atoms with Gasteiger partial charge in [-0.3, -0.25) is 5.01 Å². The highest BCUT2D eigenvalue weighted by Gasteiger charge is 2.45. The first kappa shape index (κ1) is 18.1. The van der Waals surface area contributed by atoms with E-state index < -0.39 is 18.1 Å². The third-order valence-corrected chi connectivity index (χ3v) is 5.20. The highest BCUT2D eigenvalue weighted by molar-refractivity contribution is 7.99. The molecule has 1 fully saturated rings. The first-order chi connectivity index (χ1) is 12.5. The van der Waals surface area contributed by atoms with Crippen LogP contribution in [0.4, 0.5) is 0 Å². The van der Waals surface area contributed by atoms with Gasteiger partial charge in [0.25, 0.3) is 0 Å². The number of thioether (sulfide) groups is 1. The number of hydrogen-bond acceptors (Lipinski definition) is 8. The van der Waals surface area contributed by atoms with E-state index in [4.69, 9.17) is 9.47 Å². The Kier molecular flexibility index (Phi) is 5.06. The number of benzene rings is 1. The van der Waals surface area contributed by atoms with Crippen molar-refractivity contribution in [1.82, 2.24) is 10.4 Å².